The first-order chi connectivity index (χ1) is 13.7. The maximum absolute atomic E-state index is 12.5. The van der Waals surface area contributed by atoms with Gasteiger partial charge in [-0.3, -0.25) is 4.79 Å². The van der Waals surface area contributed by atoms with Crippen LogP contribution in [0.5, 0.6) is 0 Å². The Kier molecular flexibility index (Phi) is 5.35. The van der Waals surface area contributed by atoms with E-state index in [9.17, 15) is 4.79 Å². The Labute approximate surface area is 168 Å². The monoisotopic (exact) mass is 385 g/mol. The Morgan fingerprint density at radius 3 is 2.54 bits per heavy atom. The van der Waals surface area contributed by atoms with E-state index in [0.29, 0.717) is 5.16 Å². The number of aryl methyl sites for hydroxylation is 1. The highest BCUT2D eigenvalue weighted by molar-refractivity contribution is 7.99. The van der Waals surface area contributed by atoms with Gasteiger partial charge in [0.2, 0.25) is 5.91 Å². The van der Waals surface area contributed by atoms with Gasteiger partial charge in [-0.1, -0.05) is 78.5 Å². The van der Waals surface area contributed by atoms with E-state index in [1.807, 2.05) is 85.8 Å². The van der Waals surface area contributed by atoms with E-state index in [1.54, 1.807) is 0 Å². The molecule has 1 aromatic heterocycles. The largest absolute Gasteiger partial charge is 0.325 e. The molecule has 0 spiro atoms. The number of hydrogen-bond donors (Lipinski definition) is 1. The van der Waals surface area contributed by atoms with Gasteiger partial charge in [-0.15, -0.1) is 0 Å². The first-order valence-electron chi connectivity index (χ1n) is 9.00. The van der Waals surface area contributed by atoms with Crippen molar-refractivity contribution in [2.45, 2.75) is 12.1 Å². The fourth-order valence-electron chi connectivity index (χ4n) is 3.01. The number of carbonyl (C=O) groups is 1. The number of aromatic nitrogens is 2. The lowest BCUT2D eigenvalue weighted by atomic mass is 10.1. The standard InChI is InChI=1S/C23H19N3OS/c1-16-14-21(18-9-3-2-4-10-18)26-23(24-16)28-15-22(27)25-20-13-7-11-17-8-5-6-12-19(17)20/h2-14H,15H2,1H3,(H,25,27). The zero-order chi connectivity index (χ0) is 19.3. The second-order valence-corrected chi connectivity index (χ2v) is 7.35. The van der Waals surface area contributed by atoms with Crippen LogP contribution >= 0.6 is 11.8 Å². The van der Waals surface area contributed by atoms with Gasteiger partial charge in [0, 0.05) is 22.3 Å². The Balaban J connectivity index is 1.47. The lowest BCUT2D eigenvalue weighted by Gasteiger charge is -2.09. The number of hydrogen-bond acceptors (Lipinski definition) is 4. The van der Waals surface area contributed by atoms with Gasteiger partial charge in [0.25, 0.3) is 0 Å². The van der Waals surface area contributed by atoms with Crippen molar-refractivity contribution in [3.63, 3.8) is 0 Å². The molecule has 0 aliphatic rings. The lowest BCUT2D eigenvalue weighted by molar-refractivity contribution is -0.113. The maximum Gasteiger partial charge on any atom is 0.234 e. The molecule has 4 nitrogen and oxygen atoms in total. The van der Waals surface area contributed by atoms with Crippen LogP contribution in [-0.4, -0.2) is 21.6 Å². The van der Waals surface area contributed by atoms with Crippen LogP contribution in [0.2, 0.25) is 0 Å². The second kappa shape index (κ2) is 8.23. The molecule has 0 atom stereocenters. The predicted molar refractivity (Wildman–Crippen MR) is 116 cm³/mol. The summed E-state index contributed by atoms with van der Waals surface area (Å²) in [4.78, 5) is 21.5. The van der Waals surface area contributed by atoms with Crippen LogP contribution < -0.4 is 5.32 Å². The highest BCUT2D eigenvalue weighted by Crippen LogP contribution is 2.24. The molecule has 0 bridgehead atoms. The van der Waals surface area contributed by atoms with Gasteiger partial charge in [0.05, 0.1) is 11.4 Å². The summed E-state index contributed by atoms with van der Waals surface area (Å²) < 4.78 is 0. The van der Waals surface area contributed by atoms with Crippen LogP contribution in [0.4, 0.5) is 5.69 Å². The molecular formula is C23H19N3OS. The molecule has 0 fully saturated rings. The quantitative estimate of drug-likeness (QED) is 0.372. The third kappa shape index (κ3) is 4.21. The number of carbonyl (C=O) groups excluding carboxylic acids is 1. The lowest BCUT2D eigenvalue weighted by Crippen LogP contribution is -2.14. The van der Waals surface area contributed by atoms with Gasteiger partial charge < -0.3 is 5.32 Å². The van der Waals surface area contributed by atoms with Crippen molar-refractivity contribution in [1.29, 1.82) is 0 Å². The number of thioether (sulfide) groups is 1. The molecule has 0 aliphatic carbocycles. The summed E-state index contributed by atoms with van der Waals surface area (Å²) >= 11 is 1.34. The minimum Gasteiger partial charge on any atom is -0.325 e. The van der Waals surface area contributed by atoms with E-state index in [1.165, 1.54) is 11.8 Å². The molecule has 0 unspecified atom stereocenters. The number of rotatable bonds is 5. The zero-order valence-electron chi connectivity index (χ0n) is 15.4. The van der Waals surface area contributed by atoms with Crippen LogP contribution in [0.15, 0.2) is 84.0 Å². The van der Waals surface area contributed by atoms with Crippen LogP contribution in [0, 0.1) is 6.92 Å². The summed E-state index contributed by atoms with van der Waals surface area (Å²) in [7, 11) is 0. The molecule has 1 N–H and O–H groups in total. The number of nitrogens with zero attached hydrogens (tertiary/aromatic N) is 2. The minimum absolute atomic E-state index is 0.0762. The molecule has 1 amide bonds. The van der Waals surface area contributed by atoms with Crippen molar-refractivity contribution in [1.82, 2.24) is 9.97 Å². The van der Waals surface area contributed by atoms with Crippen LogP contribution in [-0.2, 0) is 4.79 Å². The number of anilines is 1. The van der Waals surface area contributed by atoms with E-state index >= 15 is 0 Å². The zero-order valence-corrected chi connectivity index (χ0v) is 16.2. The Hall–Kier alpha value is -3.18. The average Bonchev–Trinajstić information content (AvgIpc) is 2.73. The van der Waals surface area contributed by atoms with Crippen molar-refractivity contribution >= 4 is 34.1 Å². The summed E-state index contributed by atoms with van der Waals surface area (Å²) in [6, 6.07) is 25.8. The van der Waals surface area contributed by atoms with Gasteiger partial charge in [-0.05, 0) is 24.4 Å². The van der Waals surface area contributed by atoms with Crippen LogP contribution in [0.3, 0.4) is 0 Å². The van der Waals surface area contributed by atoms with Gasteiger partial charge in [-0.2, -0.15) is 0 Å². The van der Waals surface area contributed by atoms with E-state index in [2.05, 4.69) is 15.3 Å². The normalized spacial score (nSPS) is 10.8. The highest BCUT2D eigenvalue weighted by atomic mass is 32.2. The number of fused-ring (bicyclic) bond motifs is 1. The molecule has 4 rings (SSSR count). The molecule has 4 aromatic rings. The molecule has 1 heterocycles. The van der Waals surface area contributed by atoms with Crippen molar-refractivity contribution in [3.05, 3.63) is 84.6 Å². The highest BCUT2D eigenvalue weighted by Gasteiger charge is 2.10. The number of amides is 1. The van der Waals surface area contributed by atoms with Gasteiger partial charge in [0.1, 0.15) is 0 Å². The number of nitrogens with one attached hydrogen (secondary N) is 1. The topological polar surface area (TPSA) is 54.9 Å². The molecule has 5 heteroatoms. The first kappa shape index (κ1) is 18.2. The first-order valence-corrected chi connectivity index (χ1v) is 9.99. The summed E-state index contributed by atoms with van der Waals surface area (Å²) in [5, 5.41) is 5.73. The van der Waals surface area contributed by atoms with Gasteiger partial charge >= 0.3 is 0 Å². The molecule has 0 saturated carbocycles. The molecule has 3 aromatic carbocycles. The van der Waals surface area contributed by atoms with Crippen molar-refractivity contribution in [2.75, 3.05) is 11.1 Å². The fourth-order valence-corrected chi connectivity index (χ4v) is 3.72. The van der Waals surface area contributed by atoms with Crippen molar-refractivity contribution < 1.29 is 4.79 Å². The van der Waals surface area contributed by atoms with Gasteiger partial charge in [-0.25, -0.2) is 9.97 Å². The van der Waals surface area contributed by atoms with E-state index in [4.69, 9.17) is 0 Å². The molecular weight excluding hydrogens is 366 g/mol. The Morgan fingerprint density at radius 2 is 1.68 bits per heavy atom. The average molecular weight is 385 g/mol. The van der Waals surface area contributed by atoms with Crippen LogP contribution in [0.1, 0.15) is 5.69 Å². The minimum atomic E-state index is -0.0762. The predicted octanol–water partition coefficient (Wildman–Crippen LogP) is 5.34. The third-order valence-electron chi connectivity index (χ3n) is 4.30. The van der Waals surface area contributed by atoms with E-state index in [0.717, 1.165) is 33.4 Å². The Morgan fingerprint density at radius 1 is 0.929 bits per heavy atom. The maximum atomic E-state index is 12.5. The fraction of sp³-hybridized carbons (Fsp3) is 0.0870. The smallest absolute Gasteiger partial charge is 0.234 e. The SMILES string of the molecule is Cc1cc(-c2ccccc2)nc(SCC(=O)Nc2cccc3ccccc23)n1. The summed E-state index contributed by atoms with van der Waals surface area (Å²) in [5.74, 6) is 0.175. The van der Waals surface area contributed by atoms with Gasteiger partial charge in [0.15, 0.2) is 5.16 Å². The number of benzene rings is 3. The summed E-state index contributed by atoms with van der Waals surface area (Å²) in [6.07, 6.45) is 0. The van der Waals surface area contributed by atoms with E-state index < -0.39 is 0 Å². The van der Waals surface area contributed by atoms with Crippen molar-refractivity contribution in [3.8, 4) is 11.3 Å². The van der Waals surface area contributed by atoms with E-state index in [-0.39, 0.29) is 11.7 Å². The molecule has 0 saturated heterocycles. The van der Waals surface area contributed by atoms with Crippen LogP contribution in [0.25, 0.3) is 22.0 Å². The molecule has 138 valence electrons. The Bertz CT molecular complexity index is 1120. The third-order valence-corrected chi connectivity index (χ3v) is 5.15. The van der Waals surface area contributed by atoms with Crippen molar-refractivity contribution in [2.24, 2.45) is 0 Å². The summed E-state index contributed by atoms with van der Waals surface area (Å²) in [6.45, 7) is 1.94. The second-order valence-electron chi connectivity index (χ2n) is 6.41. The molecule has 28 heavy (non-hydrogen) atoms. The molecule has 0 radical (unpaired) electrons. The summed E-state index contributed by atoms with van der Waals surface area (Å²) in [5.41, 5.74) is 3.60. The molecule has 0 aliphatic heterocycles.